The van der Waals surface area contributed by atoms with Crippen LogP contribution in [-0.4, -0.2) is 20.3 Å². The first kappa shape index (κ1) is 13.6. The first-order chi connectivity index (χ1) is 9.80. The van der Waals surface area contributed by atoms with Crippen LogP contribution in [0.25, 0.3) is 0 Å². The van der Waals surface area contributed by atoms with Gasteiger partial charge in [-0.25, -0.2) is 0 Å². The molecular formula is C17H25NO2. The van der Waals surface area contributed by atoms with E-state index in [0.29, 0.717) is 6.04 Å². The van der Waals surface area contributed by atoms with E-state index in [0.717, 1.165) is 29.0 Å². The number of benzene rings is 1. The Hall–Kier alpha value is -1.38. The summed E-state index contributed by atoms with van der Waals surface area (Å²) < 4.78 is 10.7. The van der Waals surface area contributed by atoms with Gasteiger partial charge in [-0.05, 0) is 49.7 Å². The van der Waals surface area contributed by atoms with Gasteiger partial charge in [0.15, 0.2) is 0 Å². The summed E-state index contributed by atoms with van der Waals surface area (Å²) in [6.45, 7) is 0. The normalized spacial score (nSPS) is 26.1. The Bertz CT molecular complexity index is 456. The first-order valence-electron chi connectivity index (χ1n) is 7.78. The molecule has 0 saturated heterocycles. The predicted molar refractivity (Wildman–Crippen MR) is 81.6 cm³/mol. The van der Waals surface area contributed by atoms with E-state index in [-0.39, 0.29) is 0 Å². The number of methoxy groups -OCH3 is 2. The lowest BCUT2D eigenvalue weighted by Gasteiger charge is -2.31. The predicted octanol–water partition coefficient (Wildman–Crippen LogP) is 4.08. The van der Waals surface area contributed by atoms with Gasteiger partial charge in [0.2, 0.25) is 0 Å². The van der Waals surface area contributed by atoms with Crippen molar-refractivity contribution >= 4 is 5.69 Å². The van der Waals surface area contributed by atoms with Crippen molar-refractivity contribution in [2.24, 2.45) is 11.8 Å². The fraction of sp³-hybridized carbons (Fsp3) is 0.647. The van der Waals surface area contributed by atoms with Crippen LogP contribution in [0.2, 0.25) is 0 Å². The molecule has 3 nitrogen and oxygen atoms in total. The Balaban J connectivity index is 1.67. The molecule has 0 amide bonds. The molecule has 2 atom stereocenters. The van der Waals surface area contributed by atoms with E-state index >= 15 is 0 Å². The van der Waals surface area contributed by atoms with Gasteiger partial charge in [-0.3, -0.25) is 0 Å². The van der Waals surface area contributed by atoms with Crippen molar-refractivity contribution in [2.75, 3.05) is 19.5 Å². The zero-order chi connectivity index (χ0) is 13.9. The number of rotatable bonds is 5. The van der Waals surface area contributed by atoms with Crippen molar-refractivity contribution in [2.45, 2.75) is 44.6 Å². The summed E-state index contributed by atoms with van der Waals surface area (Å²) in [5, 5.41) is 3.68. The molecule has 1 aromatic carbocycles. The maximum Gasteiger partial charge on any atom is 0.145 e. The minimum absolute atomic E-state index is 0.594. The Morgan fingerprint density at radius 1 is 1.00 bits per heavy atom. The summed E-state index contributed by atoms with van der Waals surface area (Å²) in [6.07, 6.45) is 8.31. The van der Waals surface area contributed by atoms with Crippen molar-refractivity contribution in [1.29, 1.82) is 0 Å². The third-order valence-corrected chi connectivity index (χ3v) is 4.77. The molecule has 0 aliphatic heterocycles. The standard InChI is InChI=1S/C17H25NO2/c1-19-15-8-9-16(17(11-15)20-2)18-14-5-3-4-13(10-14)12-6-7-12/h8-9,11-14,18H,3-7,10H2,1-2H3. The Morgan fingerprint density at radius 3 is 2.55 bits per heavy atom. The largest absolute Gasteiger partial charge is 0.497 e. The molecule has 2 unspecified atom stereocenters. The van der Waals surface area contributed by atoms with Crippen LogP contribution in [0.15, 0.2) is 18.2 Å². The molecule has 20 heavy (non-hydrogen) atoms. The fourth-order valence-electron chi connectivity index (χ4n) is 3.49. The number of ether oxygens (including phenoxy) is 2. The van der Waals surface area contributed by atoms with Crippen molar-refractivity contribution in [3.05, 3.63) is 18.2 Å². The zero-order valence-electron chi connectivity index (χ0n) is 12.5. The fourth-order valence-corrected chi connectivity index (χ4v) is 3.49. The van der Waals surface area contributed by atoms with E-state index in [4.69, 9.17) is 9.47 Å². The van der Waals surface area contributed by atoms with Gasteiger partial charge in [-0.1, -0.05) is 12.8 Å². The van der Waals surface area contributed by atoms with Gasteiger partial charge < -0.3 is 14.8 Å². The molecule has 2 aliphatic carbocycles. The Labute approximate surface area is 121 Å². The average molecular weight is 275 g/mol. The number of hydrogen-bond acceptors (Lipinski definition) is 3. The van der Waals surface area contributed by atoms with Gasteiger partial charge in [0, 0.05) is 12.1 Å². The average Bonchev–Trinajstić information content (AvgIpc) is 3.32. The Kier molecular flexibility index (Phi) is 4.04. The van der Waals surface area contributed by atoms with Crippen LogP contribution < -0.4 is 14.8 Å². The molecule has 0 bridgehead atoms. The van der Waals surface area contributed by atoms with Crippen molar-refractivity contribution < 1.29 is 9.47 Å². The highest BCUT2D eigenvalue weighted by molar-refractivity contribution is 5.59. The van der Waals surface area contributed by atoms with Crippen LogP contribution in [0.1, 0.15) is 38.5 Å². The molecule has 2 fully saturated rings. The van der Waals surface area contributed by atoms with Crippen molar-refractivity contribution in [3.8, 4) is 11.5 Å². The van der Waals surface area contributed by atoms with Crippen molar-refractivity contribution in [3.63, 3.8) is 0 Å². The van der Waals surface area contributed by atoms with E-state index in [9.17, 15) is 0 Å². The van der Waals surface area contributed by atoms with E-state index in [2.05, 4.69) is 11.4 Å². The zero-order valence-corrected chi connectivity index (χ0v) is 12.5. The van der Waals surface area contributed by atoms with Gasteiger partial charge >= 0.3 is 0 Å². The van der Waals surface area contributed by atoms with Crippen LogP contribution in [-0.2, 0) is 0 Å². The first-order valence-corrected chi connectivity index (χ1v) is 7.78. The second-order valence-electron chi connectivity index (χ2n) is 6.17. The van der Waals surface area contributed by atoms with Crippen LogP contribution in [0.3, 0.4) is 0 Å². The lowest BCUT2D eigenvalue weighted by molar-refractivity contribution is 0.302. The SMILES string of the molecule is COc1ccc(NC2CCCC(C3CC3)C2)c(OC)c1. The van der Waals surface area contributed by atoms with Crippen LogP contribution in [0.5, 0.6) is 11.5 Å². The highest BCUT2D eigenvalue weighted by Crippen LogP contribution is 2.44. The van der Waals surface area contributed by atoms with E-state index in [1.54, 1.807) is 14.2 Å². The minimum Gasteiger partial charge on any atom is -0.497 e. The monoisotopic (exact) mass is 275 g/mol. The van der Waals surface area contributed by atoms with Gasteiger partial charge in [0.25, 0.3) is 0 Å². The number of anilines is 1. The molecule has 0 spiro atoms. The minimum atomic E-state index is 0.594. The summed E-state index contributed by atoms with van der Waals surface area (Å²) in [5.74, 6) is 3.69. The second-order valence-corrected chi connectivity index (χ2v) is 6.17. The molecule has 1 aromatic rings. The molecule has 3 heteroatoms. The third kappa shape index (κ3) is 3.02. The highest BCUT2D eigenvalue weighted by atomic mass is 16.5. The highest BCUT2D eigenvalue weighted by Gasteiger charge is 2.34. The molecule has 110 valence electrons. The van der Waals surface area contributed by atoms with Crippen LogP contribution >= 0.6 is 0 Å². The maximum absolute atomic E-state index is 5.47. The number of nitrogens with one attached hydrogen (secondary N) is 1. The van der Waals surface area contributed by atoms with Gasteiger partial charge in [0.1, 0.15) is 11.5 Å². The second kappa shape index (κ2) is 5.94. The molecule has 2 aliphatic rings. The van der Waals surface area contributed by atoms with E-state index < -0.39 is 0 Å². The topological polar surface area (TPSA) is 30.5 Å². The molecule has 1 N–H and O–H groups in total. The molecule has 0 radical (unpaired) electrons. The summed E-state index contributed by atoms with van der Waals surface area (Å²) in [4.78, 5) is 0. The third-order valence-electron chi connectivity index (χ3n) is 4.77. The molecular weight excluding hydrogens is 250 g/mol. The summed E-state index contributed by atoms with van der Waals surface area (Å²) in [7, 11) is 3.40. The summed E-state index contributed by atoms with van der Waals surface area (Å²) >= 11 is 0. The van der Waals surface area contributed by atoms with Gasteiger partial charge in [-0.15, -0.1) is 0 Å². The van der Waals surface area contributed by atoms with Crippen molar-refractivity contribution in [1.82, 2.24) is 0 Å². The molecule has 2 saturated carbocycles. The summed E-state index contributed by atoms with van der Waals surface area (Å²) in [5.41, 5.74) is 1.09. The van der Waals surface area contributed by atoms with Gasteiger partial charge in [0.05, 0.1) is 19.9 Å². The lowest BCUT2D eigenvalue weighted by Crippen LogP contribution is -2.28. The molecule has 3 rings (SSSR count). The number of hydrogen-bond donors (Lipinski definition) is 1. The van der Waals surface area contributed by atoms with Crippen LogP contribution in [0.4, 0.5) is 5.69 Å². The smallest absolute Gasteiger partial charge is 0.145 e. The molecule has 0 heterocycles. The lowest BCUT2D eigenvalue weighted by atomic mass is 9.82. The summed E-state index contributed by atoms with van der Waals surface area (Å²) in [6, 6.07) is 6.60. The van der Waals surface area contributed by atoms with E-state index in [1.165, 1.54) is 38.5 Å². The van der Waals surface area contributed by atoms with E-state index in [1.807, 2.05) is 12.1 Å². The quantitative estimate of drug-likeness (QED) is 0.878. The van der Waals surface area contributed by atoms with Gasteiger partial charge in [-0.2, -0.15) is 0 Å². The maximum atomic E-state index is 5.47. The molecule has 0 aromatic heterocycles. The Morgan fingerprint density at radius 2 is 1.85 bits per heavy atom. The van der Waals surface area contributed by atoms with Crippen LogP contribution in [0, 0.1) is 11.8 Å².